The van der Waals surface area contributed by atoms with Crippen LogP contribution in [0.2, 0.25) is 0 Å². The minimum atomic E-state index is -0.993. The lowest BCUT2D eigenvalue weighted by Crippen LogP contribution is -2.40. The minimum absolute atomic E-state index is 0.366. The molecule has 2 aromatic heterocycles. The number of aryl methyl sites for hydroxylation is 2. The third-order valence-electron chi connectivity index (χ3n) is 6.65. The van der Waals surface area contributed by atoms with Gasteiger partial charge in [0.1, 0.15) is 11.9 Å². The van der Waals surface area contributed by atoms with Crippen molar-refractivity contribution in [3.05, 3.63) is 53.9 Å². The Balaban J connectivity index is 1.14. The average molecular weight is 464 g/mol. The smallest absolute Gasteiger partial charge is 0.326 e. The van der Waals surface area contributed by atoms with Gasteiger partial charge in [-0.15, -0.1) is 0 Å². The van der Waals surface area contributed by atoms with Gasteiger partial charge in [0.15, 0.2) is 0 Å². The van der Waals surface area contributed by atoms with Crippen LogP contribution in [0.5, 0.6) is 0 Å². The van der Waals surface area contributed by atoms with Gasteiger partial charge in [-0.1, -0.05) is 38.2 Å². The van der Waals surface area contributed by atoms with Crippen LogP contribution in [-0.4, -0.2) is 43.8 Å². The average Bonchev–Trinajstić information content (AvgIpc) is 3.22. The number of nitrogens with one attached hydrogen (secondary N) is 2. The van der Waals surface area contributed by atoms with Gasteiger partial charge in [0.25, 0.3) is 5.91 Å². The number of hydrogen-bond donors (Lipinski definition) is 3. The Bertz CT molecular complexity index is 1140. The first-order chi connectivity index (χ1) is 16.5. The molecule has 180 valence electrons. The second-order valence-electron chi connectivity index (χ2n) is 9.14. The second-order valence-corrected chi connectivity index (χ2v) is 9.14. The maximum atomic E-state index is 12.6. The third kappa shape index (κ3) is 5.92. The van der Waals surface area contributed by atoms with Crippen molar-refractivity contribution in [1.29, 1.82) is 0 Å². The van der Waals surface area contributed by atoms with Gasteiger partial charge in [0, 0.05) is 30.2 Å². The Morgan fingerprint density at radius 1 is 1.21 bits per heavy atom. The summed E-state index contributed by atoms with van der Waals surface area (Å²) in [6.07, 6.45) is 12.4. The molecular formula is C26H33N5O3. The van der Waals surface area contributed by atoms with E-state index in [0.717, 1.165) is 68.1 Å². The summed E-state index contributed by atoms with van der Waals surface area (Å²) in [7, 11) is 1.84. The number of rotatable bonds is 11. The van der Waals surface area contributed by atoms with Crippen molar-refractivity contribution < 1.29 is 14.7 Å². The predicted molar refractivity (Wildman–Crippen MR) is 132 cm³/mol. The van der Waals surface area contributed by atoms with Crippen molar-refractivity contribution in [2.24, 2.45) is 7.05 Å². The lowest BCUT2D eigenvalue weighted by atomic mass is 9.96. The van der Waals surface area contributed by atoms with E-state index in [2.05, 4.69) is 26.8 Å². The van der Waals surface area contributed by atoms with Crippen LogP contribution >= 0.6 is 0 Å². The molecule has 34 heavy (non-hydrogen) atoms. The summed E-state index contributed by atoms with van der Waals surface area (Å²) in [5, 5.41) is 20.8. The molecule has 0 saturated carbocycles. The van der Waals surface area contributed by atoms with Crippen molar-refractivity contribution in [2.75, 3.05) is 5.32 Å². The zero-order chi connectivity index (χ0) is 23.9. The normalized spacial score (nSPS) is 16.0. The molecule has 4 rings (SSSR count). The van der Waals surface area contributed by atoms with Crippen molar-refractivity contribution >= 4 is 28.6 Å². The van der Waals surface area contributed by atoms with Gasteiger partial charge >= 0.3 is 5.97 Å². The van der Waals surface area contributed by atoms with E-state index in [9.17, 15) is 14.7 Å². The molecule has 2 atom stereocenters. The second kappa shape index (κ2) is 11.1. The number of unbranched alkanes of at least 4 members (excludes halogenated alkanes) is 4. The van der Waals surface area contributed by atoms with Gasteiger partial charge in [-0.25, -0.2) is 9.78 Å². The zero-order valence-electron chi connectivity index (χ0n) is 19.7. The number of nitrogens with zero attached hydrogens (tertiary/aromatic N) is 3. The van der Waals surface area contributed by atoms with E-state index in [1.165, 1.54) is 5.56 Å². The number of amides is 1. The number of carbonyl (C=O) groups is 2. The molecule has 0 bridgehead atoms. The van der Waals surface area contributed by atoms with E-state index in [1.807, 2.05) is 25.4 Å². The highest BCUT2D eigenvalue weighted by molar-refractivity contribution is 5.99. The van der Waals surface area contributed by atoms with Gasteiger partial charge < -0.3 is 15.7 Å². The van der Waals surface area contributed by atoms with E-state index >= 15 is 0 Å². The number of aliphatic carboxylic acids is 1. The van der Waals surface area contributed by atoms with Gasteiger partial charge in [-0.3, -0.25) is 9.48 Å². The van der Waals surface area contributed by atoms with Crippen LogP contribution in [0.25, 0.3) is 10.9 Å². The van der Waals surface area contributed by atoms with Crippen LogP contribution in [0.4, 0.5) is 5.82 Å². The maximum Gasteiger partial charge on any atom is 0.326 e. The zero-order valence-corrected chi connectivity index (χ0v) is 19.7. The molecule has 3 N–H and O–H groups in total. The van der Waals surface area contributed by atoms with Gasteiger partial charge in [-0.2, -0.15) is 5.10 Å². The standard InChI is InChI=1S/C26H33N5O3/c1-31-23-14-12-19(16-20(23)17-28-31)25(32)30-22(26(33)34)10-6-4-2-3-5-9-21-13-11-18-8-7-15-27-24(18)29-21/h7-8,12,14-17,21-22H,2-6,9-11,13H2,1H3,(H,27,29)(H,30,32)(H,33,34)/t21?,22-/m1/s1. The van der Waals surface area contributed by atoms with Gasteiger partial charge in [0.2, 0.25) is 0 Å². The lowest BCUT2D eigenvalue weighted by molar-refractivity contribution is -0.139. The number of aromatic nitrogens is 3. The quantitative estimate of drug-likeness (QED) is 0.366. The van der Waals surface area contributed by atoms with Crippen LogP contribution < -0.4 is 10.6 Å². The number of benzene rings is 1. The highest BCUT2D eigenvalue weighted by Crippen LogP contribution is 2.24. The largest absolute Gasteiger partial charge is 0.480 e. The Kier molecular flexibility index (Phi) is 7.77. The Labute approximate surface area is 199 Å². The van der Waals surface area contributed by atoms with Crippen molar-refractivity contribution in [1.82, 2.24) is 20.1 Å². The molecule has 0 radical (unpaired) electrons. The topological polar surface area (TPSA) is 109 Å². The van der Waals surface area contributed by atoms with E-state index in [1.54, 1.807) is 23.0 Å². The summed E-state index contributed by atoms with van der Waals surface area (Å²) in [5.74, 6) is -0.330. The molecule has 0 saturated heterocycles. The number of pyridine rings is 1. The molecule has 3 aromatic rings. The van der Waals surface area contributed by atoms with Crippen molar-refractivity contribution in [3.63, 3.8) is 0 Å². The van der Waals surface area contributed by atoms with Crippen molar-refractivity contribution in [3.8, 4) is 0 Å². The summed E-state index contributed by atoms with van der Waals surface area (Å²) in [6.45, 7) is 0. The van der Waals surface area contributed by atoms with Crippen molar-refractivity contribution in [2.45, 2.75) is 69.9 Å². The number of fused-ring (bicyclic) bond motifs is 2. The molecule has 3 heterocycles. The number of carboxylic acid groups (broad SMARTS) is 1. The molecule has 1 amide bonds. The summed E-state index contributed by atoms with van der Waals surface area (Å²) < 4.78 is 1.74. The highest BCUT2D eigenvalue weighted by Gasteiger charge is 2.21. The Morgan fingerprint density at radius 2 is 2.03 bits per heavy atom. The fourth-order valence-electron chi connectivity index (χ4n) is 4.66. The molecular weight excluding hydrogens is 430 g/mol. The predicted octanol–water partition coefficient (Wildman–Crippen LogP) is 4.31. The number of carboxylic acids is 1. The number of anilines is 1. The molecule has 0 fully saturated rings. The van der Waals surface area contributed by atoms with Gasteiger partial charge in [-0.05, 0) is 55.5 Å². The van der Waals surface area contributed by atoms with Crippen LogP contribution in [-0.2, 0) is 18.3 Å². The summed E-state index contributed by atoms with van der Waals surface area (Å²) >= 11 is 0. The van der Waals surface area contributed by atoms with Crippen LogP contribution in [0.3, 0.4) is 0 Å². The van der Waals surface area contributed by atoms with E-state index < -0.39 is 12.0 Å². The Morgan fingerprint density at radius 3 is 2.88 bits per heavy atom. The molecule has 1 aromatic carbocycles. The highest BCUT2D eigenvalue weighted by atomic mass is 16.4. The Hall–Kier alpha value is -3.42. The summed E-state index contributed by atoms with van der Waals surface area (Å²) in [6, 6.07) is 9.00. The number of hydrogen-bond acceptors (Lipinski definition) is 5. The minimum Gasteiger partial charge on any atom is -0.480 e. The first kappa shape index (κ1) is 23.7. The number of carbonyl (C=O) groups excluding carboxylic acids is 1. The molecule has 1 aliphatic rings. The van der Waals surface area contributed by atoms with E-state index in [0.29, 0.717) is 18.0 Å². The molecule has 0 spiro atoms. The monoisotopic (exact) mass is 463 g/mol. The lowest BCUT2D eigenvalue weighted by Gasteiger charge is -2.26. The molecule has 1 unspecified atom stereocenters. The molecule has 8 heteroatoms. The first-order valence-corrected chi connectivity index (χ1v) is 12.2. The molecule has 8 nitrogen and oxygen atoms in total. The fourth-order valence-corrected chi connectivity index (χ4v) is 4.66. The van der Waals surface area contributed by atoms with E-state index in [-0.39, 0.29) is 5.91 Å². The van der Waals surface area contributed by atoms with Gasteiger partial charge in [0.05, 0.1) is 11.7 Å². The third-order valence-corrected chi connectivity index (χ3v) is 6.65. The maximum absolute atomic E-state index is 12.6. The first-order valence-electron chi connectivity index (χ1n) is 12.2. The fraction of sp³-hybridized carbons (Fsp3) is 0.462. The molecule has 1 aliphatic heterocycles. The SMILES string of the molecule is Cn1ncc2cc(C(=O)N[C@H](CCCCCCCC3CCc4cccnc4N3)C(=O)O)ccc21. The van der Waals surface area contributed by atoms with Crippen LogP contribution in [0, 0.1) is 0 Å². The molecule has 0 aliphatic carbocycles. The summed E-state index contributed by atoms with van der Waals surface area (Å²) in [5.41, 5.74) is 2.67. The summed E-state index contributed by atoms with van der Waals surface area (Å²) in [4.78, 5) is 28.7. The van der Waals surface area contributed by atoms with E-state index in [4.69, 9.17) is 0 Å². The van der Waals surface area contributed by atoms with Crippen LogP contribution in [0.1, 0.15) is 67.3 Å². The van der Waals surface area contributed by atoms with Crippen LogP contribution in [0.15, 0.2) is 42.7 Å².